The zero-order chi connectivity index (χ0) is 18.3. The zero-order valence-electron chi connectivity index (χ0n) is 15.0. The second-order valence-electron chi connectivity index (χ2n) is 7.29. The molecule has 0 atom stereocenters. The molecule has 0 N–H and O–H groups in total. The Balaban J connectivity index is 1.66. The second kappa shape index (κ2) is 7.28. The molecule has 0 bridgehead atoms. The van der Waals surface area contributed by atoms with Gasteiger partial charge in [-0.3, -0.25) is 0 Å². The Labute approximate surface area is 168 Å². The van der Waals surface area contributed by atoms with Gasteiger partial charge in [0.1, 0.15) is 0 Å². The van der Waals surface area contributed by atoms with Gasteiger partial charge in [-0.1, -0.05) is 52.7 Å². The summed E-state index contributed by atoms with van der Waals surface area (Å²) in [5.41, 5.74) is 4.96. The van der Waals surface area contributed by atoms with Gasteiger partial charge in [0.25, 0.3) is 0 Å². The van der Waals surface area contributed by atoms with Gasteiger partial charge >= 0.3 is 0 Å². The molecule has 2 aromatic carbocycles. The van der Waals surface area contributed by atoms with Gasteiger partial charge in [-0.05, 0) is 72.1 Å². The third-order valence-electron chi connectivity index (χ3n) is 5.37. The number of halogens is 2. The minimum absolute atomic E-state index is 0.295. The van der Waals surface area contributed by atoms with E-state index >= 15 is 0 Å². The first kappa shape index (κ1) is 17.9. The van der Waals surface area contributed by atoms with Crippen LogP contribution in [0.2, 0.25) is 5.02 Å². The zero-order valence-corrected chi connectivity index (χ0v) is 17.4. The molecule has 2 aliphatic rings. The number of hydrogen-bond acceptors (Lipinski definition) is 2. The first-order valence-electron chi connectivity index (χ1n) is 9.05. The van der Waals surface area contributed by atoms with Crippen molar-refractivity contribution < 1.29 is 9.47 Å². The van der Waals surface area contributed by atoms with Crippen LogP contribution in [-0.4, -0.2) is 13.2 Å². The normalized spacial score (nSPS) is 21.5. The van der Waals surface area contributed by atoms with E-state index in [0.717, 1.165) is 58.2 Å². The highest BCUT2D eigenvalue weighted by Crippen LogP contribution is 2.42. The Bertz CT molecular complexity index is 869. The number of methoxy groups -OCH3 is 1. The van der Waals surface area contributed by atoms with Crippen LogP contribution in [0.5, 0.6) is 11.5 Å². The lowest BCUT2D eigenvalue weighted by molar-refractivity contribution is 0.0710. The van der Waals surface area contributed by atoms with E-state index in [0.29, 0.717) is 6.10 Å². The summed E-state index contributed by atoms with van der Waals surface area (Å²) in [5.74, 6) is 2.35. The third-order valence-corrected chi connectivity index (χ3v) is 6.39. The Hall–Kier alpha value is -1.45. The fourth-order valence-electron chi connectivity index (χ4n) is 3.83. The molecule has 2 nitrogen and oxygen atoms in total. The van der Waals surface area contributed by atoms with Crippen molar-refractivity contribution in [2.45, 2.75) is 38.7 Å². The summed E-state index contributed by atoms with van der Waals surface area (Å²) in [5, 5.41) is 0.845. The van der Waals surface area contributed by atoms with Gasteiger partial charge in [0.2, 0.25) is 0 Å². The molecule has 0 aliphatic heterocycles. The van der Waals surface area contributed by atoms with Crippen molar-refractivity contribution in [1.29, 1.82) is 0 Å². The quantitative estimate of drug-likeness (QED) is 0.550. The molecular formula is C22H22BrClO2. The van der Waals surface area contributed by atoms with E-state index in [-0.39, 0.29) is 0 Å². The maximum atomic E-state index is 6.44. The number of benzene rings is 2. The topological polar surface area (TPSA) is 18.5 Å². The van der Waals surface area contributed by atoms with E-state index in [2.05, 4.69) is 41.1 Å². The van der Waals surface area contributed by atoms with Gasteiger partial charge in [-0.2, -0.15) is 0 Å². The van der Waals surface area contributed by atoms with Crippen molar-refractivity contribution in [1.82, 2.24) is 0 Å². The van der Waals surface area contributed by atoms with E-state index < -0.39 is 0 Å². The highest BCUT2D eigenvalue weighted by Gasteiger charge is 2.28. The lowest BCUT2D eigenvalue weighted by Gasteiger charge is -2.33. The average molecular weight is 434 g/mol. The van der Waals surface area contributed by atoms with Gasteiger partial charge in [0, 0.05) is 9.50 Å². The predicted molar refractivity (Wildman–Crippen MR) is 110 cm³/mol. The summed E-state index contributed by atoms with van der Waals surface area (Å²) < 4.78 is 12.8. The Morgan fingerprint density at radius 1 is 1.15 bits per heavy atom. The molecule has 2 aliphatic carbocycles. The van der Waals surface area contributed by atoms with Crippen molar-refractivity contribution in [3.05, 3.63) is 62.6 Å². The highest BCUT2D eigenvalue weighted by atomic mass is 79.9. The van der Waals surface area contributed by atoms with E-state index in [1.165, 1.54) is 16.7 Å². The fraction of sp³-hybridized carbons (Fsp3) is 0.364. The Morgan fingerprint density at radius 3 is 2.69 bits per heavy atom. The monoisotopic (exact) mass is 432 g/mol. The van der Waals surface area contributed by atoms with Gasteiger partial charge in [-0.15, -0.1) is 0 Å². The second-order valence-corrected chi connectivity index (χ2v) is 8.55. The Morgan fingerprint density at radius 2 is 1.96 bits per heavy atom. The summed E-state index contributed by atoms with van der Waals surface area (Å²) in [4.78, 5) is 0. The summed E-state index contributed by atoms with van der Waals surface area (Å²) in [6.45, 7) is 2.26. The molecule has 0 amide bonds. The molecule has 0 unspecified atom stereocenters. The van der Waals surface area contributed by atoms with Gasteiger partial charge in [0.05, 0.1) is 13.2 Å². The third kappa shape index (κ3) is 3.39. The van der Waals surface area contributed by atoms with Crippen molar-refractivity contribution in [3.8, 4) is 11.5 Å². The molecule has 1 fully saturated rings. The van der Waals surface area contributed by atoms with Crippen molar-refractivity contribution in [3.63, 3.8) is 0 Å². The average Bonchev–Trinajstić information content (AvgIpc) is 2.61. The highest BCUT2D eigenvalue weighted by molar-refractivity contribution is 9.10. The standard InChI is InChI=1S/C22H22BrClO2/c1-13-8-16(9-13)26-22-11-17(19(23)12-21(22)25-2)15-7-6-14-4-3-5-20(24)18(14)10-15/h3-5,7,11-13,16H,6,8-10H2,1-2H3. The Kier molecular flexibility index (Phi) is 5.02. The van der Waals surface area contributed by atoms with Crippen LogP contribution in [0.4, 0.5) is 0 Å². The molecule has 4 heteroatoms. The van der Waals surface area contributed by atoms with Gasteiger partial charge < -0.3 is 9.47 Å². The van der Waals surface area contributed by atoms with Crippen LogP contribution in [0.15, 0.2) is 40.9 Å². The minimum atomic E-state index is 0.295. The molecule has 0 aromatic heterocycles. The van der Waals surface area contributed by atoms with Crippen LogP contribution in [0, 0.1) is 5.92 Å². The number of ether oxygens (including phenoxy) is 2. The first-order valence-corrected chi connectivity index (χ1v) is 10.2. The number of allylic oxidation sites excluding steroid dienone is 2. The van der Waals surface area contributed by atoms with Crippen molar-refractivity contribution >= 4 is 33.1 Å². The van der Waals surface area contributed by atoms with E-state index in [1.807, 2.05) is 18.2 Å². The van der Waals surface area contributed by atoms with Crippen molar-refractivity contribution in [2.24, 2.45) is 5.92 Å². The van der Waals surface area contributed by atoms with Gasteiger partial charge in [-0.25, -0.2) is 0 Å². The summed E-state index contributed by atoms with van der Waals surface area (Å²) in [6, 6.07) is 10.3. The molecule has 0 heterocycles. The summed E-state index contributed by atoms with van der Waals surface area (Å²) in [6.07, 6.45) is 6.55. The molecular weight excluding hydrogens is 412 g/mol. The van der Waals surface area contributed by atoms with E-state index in [1.54, 1.807) is 7.11 Å². The van der Waals surface area contributed by atoms with Crippen LogP contribution >= 0.6 is 27.5 Å². The SMILES string of the molecule is COc1cc(Br)c(C2=CCc3cccc(Cl)c3C2)cc1OC1CC(C)C1. The largest absolute Gasteiger partial charge is 0.493 e. The smallest absolute Gasteiger partial charge is 0.162 e. The number of rotatable bonds is 4. The van der Waals surface area contributed by atoms with Crippen LogP contribution < -0.4 is 9.47 Å². The maximum Gasteiger partial charge on any atom is 0.162 e. The lowest BCUT2D eigenvalue weighted by atomic mass is 9.84. The van der Waals surface area contributed by atoms with E-state index in [4.69, 9.17) is 21.1 Å². The number of fused-ring (bicyclic) bond motifs is 1. The number of hydrogen-bond donors (Lipinski definition) is 0. The molecule has 2 aromatic rings. The summed E-state index contributed by atoms with van der Waals surface area (Å²) >= 11 is 10.2. The molecule has 0 radical (unpaired) electrons. The summed E-state index contributed by atoms with van der Waals surface area (Å²) in [7, 11) is 1.69. The van der Waals surface area contributed by atoms with Crippen LogP contribution in [0.1, 0.15) is 36.5 Å². The first-order chi connectivity index (χ1) is 12.5. The van der Waals surface area contributed by atoms with Gasteiger partial charge in [0.15, 0.2) is 11.5 Å². The van der Waals surface area contributed by atoms with Crippen molar-refractivity contribution in [2.75, 3.05) is 7.11 Å². The maximum absolute atomic E-state index is 6.44. The van der Waals surface area contributed by atoms with Crippen LogP contribution in [0.25, 0.3) is 5.57 Å². The molecule has 4 rings (SSSR count). The van der Waals surface area contributed by atoms with E-state index in [9.17, 15) is 0 Å². The molecule has 0 saturated heterocycles. The lowest BCUT2D eigenvalue weighted by Crippen LogP contribution is -2.32. The molecule has 0 spiro atoms. The van der Waals surface area contributed by atoms with Crippen LogP contribution in [-0.2, 0) is 12.8 Å². The molecule has 136 valence electrons. The minimum Gasteiger partial charge on any atom is -0.493 e. The van der Waals surface area contributed by atoms with Crippen LogP contribution in [0.3, 0.4) is 0 Å². The molecule has 1 saturated carbocycles. The fourth-order valence-corrected chi connectivity index (χ4v) is 4.67. The predicted octanol–water partition coefficient (Wildman–Crippen LogP) is 6.47. The molecule has 26 heavy (non-hydrogen) atoms.